The summed E-state index contributed by atoms with van der Waals surface area (Å²) in [5, 5.41) is 7.33. The summed E-state index contributed by atoms with van der Waals surface area (Å²) < 4.78 is 15.4. The smallest absolute Gasteiger partial charge is 0.252 e. The molecule has 17 heavy (non-hydrogen) atoms. The molecule has 0 aliphatic carbocycles. The van der Waals surface area contributed by atoms with Crippen LogP contribution in [0.5, 0.6) is 0 Å². The maximum absolute atomic E-state index is 5.33. The van der Waals surface area contributed by atoms with Gasteiger partial charge in [0.15, 0.2) is 5.82 Å². The summed E-state index contributed by atoms with van der Waals surface area (Å²) in [6.45, 7) is 3.54. The lowest BCUT2D eigenvalue weighted by Crippen LogP contribution is -2.27. The molecule has 0 atom stereocenters. The second kappa shape index (κ2) is 6.68. The average Bonchev–Trinajstić information content (AvgIpc) is 2.85. The second-order valence-electron chi connectivity index (χ2n) is 4.12. The van der Waals surface area contributed by atoms with Crippen LogP contribution in [-0.4, -0.2) is 43.6 Å². The Morgan fingerprint density at radius 3 is 2.94 bits per heavy atom. The molecule has 2 rings (SSSR count). The van der Waals surface area contributed by atoms with Gasteiger partial charge >= 0.3 is 0 Å². The molecule has 1 fully saturated rings. The molecular weight excluding hydrogens is 222 g/mol. The van der Waals surface area contributed by atoms with Gasteiger partial charge in [-0.3, -0.25) is 0 Å². The van der Waals surface area contributed by atoms with Crippen molar-refractivity contribution >= 4 is 0 Å². The zero-order valence-electron chi connectivity index (χ0n) is 10.1. The molecule has 1 aromatic heterocycles. The zero-order valence-corrected chi connectivity index (χ0v) is 10.1. The third kappa shape index (κ3) is 3.76. The Morgan fingerprint density at radius 1 is 1.35 bits per heavy atom. The number of hydrogen-bond acceptors (Lipinski definition) is 6. The van der Waals surface area contributed by atoms with Crippen molar-refractivity contribution in [3.05, 3.63) is 11.7 Å². The first-order chi connectivity index (χ1) is 8.40. The van der Waals surface area contributed by atoms with E-state index in [2.05, 4.69) is 15.5 Å². The van der Waals surface area contributed by atoms with Crippen LogP contribution < -0.4 is 5.32 Å². The van der Waals surface area contributed by atoms with Gasteiger partial charge in [0.05, 0.1) is 13.2 Å². The highest BCUT2D eigenvalue weighted by Gasteiger charge is 2.20. The van der Waals surface area contributed by atoms with Crippen LogP contribution in [0.4, 0.5) is 0 Å². The Balaban J connectivity index is 1.78. The SMILES string of the molecule is COCCOCc1nc(C2CCNCC2)no1. The Labute approximate surface area is 101 Å². The van der Waals surface area contributed by atoms with Crippen molar-refractivity contribution in [2.24, 2.45) is 0 Å². The Kier molecular flexibility index (Phi) is 4.90. The van der Waals surface area contributed by atoms with E-state index in [0.717, 1.165) is 31.8 Å². The van der Waals surface area contributed by atoms with E-state index < -0.39 is 0 Å². The Hall–Kier alpha value is -0.980. The van der Waals surface area contributed by atoms with Crippen molar-refractivity contribution in [2.45, 2.75) is 25.4 Å². The molecule has 0 aromatic carbocycles. The van der Waals surface area contributed by atoms with Gasteiger partial charge in [0.25, 0.3) is 5.89 Å². The molecule has 0 spiro atoms. The number of rotatable bonds is 6. The molecule has 1 aliphatic rings. The fraction of sp³-hybridized carbons (Fsp3) is 0.818. The standard InChI is InChI=1S/C11H19N3O3/c1-15-6-7-16-8-10-13-11(14-17-10)9-2-4-12-5-3-9/h9,12H,2-8H2,1H3. The molecule has 0 bridgehead atoms. The van der Waals surface area contributed by atoms with Crippen molar-refractivity contribution in [1.82, 2.24) is 15.5 Å². The van der Waals surface area contributed by atoms with Crippen LogP contribution in [0.15, 0.2) is 4.52 Å². The number of aromatic nitrogens is 2. The fourth-order valence-electron chi connectivity index (χ4n) is 1.87. The number of methoxy groups -OCH3 is 1. The summed E-state index contributed by atoms with van der Waals surface area (Å²) in [5.41, 5.74) is 0. The maximum Gasteiger partial charge on any atom is 0.252 e. The third-order valence-electron chi connectivity index (χ3n) is 2.85. The van der Waals surface area contributed by atoms with Gasteiger partial charge in [-0.25, -0.2) is 0 Å². The Morgan fingerprint density at radius 2 is 2.18 bits per heavy atom. The van der Waals surface area contributed by atoms with Crippen LogP contribution in [-0.2, 0) is 16.1 Å². The van der Waals surface area contributed by atoms with E-state index >= 15 is 0 Å². The third-order valence-corrected chi connectivity index (χ3v) is 2.85. The molecule has 0 unspecified atom stereocenters. The Bertz CT molecular complexity index is 324. The van der Waals surface area contributed by atoms with Crippen molar-refractivity contribution in [3.63, 3.8) is 0 Å². The van der Waals surface area contributed by atoms with Gasteiger partial charge in [0.2, 0.25) is 0 Å². The molecule has 96 valence electrons. The summed E-state index contributed by atoms with van der Waals surface area (Å²) >= 11 is 0. The quantitative estimate of drug-likeness (QED) is 0.739. The molecule has 6 nitrogen and oxygen atoms in total. The van der Waals surface area contributed by atoms with E-state index in [1.165, 1.54) is 0 Å². The molecule has 1 saturated heterocycles. The van der Waals surface area contributed by atoms with Crippen LogP contribution in [0.3, 0.4) is 0 Å². The normalized spacial score (nSPS) is 17.5. The number of hydrogen-bond donors (Lipinski definition) is 1. The van der Waals surface area contributed by atoms with E-state index in [0.29, 0.717) is 31.6 Å². The van der Waals surface area contributed by atoms with E-state index in [9.17, 15) is 0 Å². The molecule has 6 heteroatoms. The lowest BCUT2D eigenvalue weighted by molar-refractivity contribution is 0.0494. The molecule has 1 N–H and O–H groups in total. The van der Waals surface area contributed by atoms with E-state index in [-0.39, 0.29) is 0 Å². The lowest BCUT2D eigenvalue weighted by atomic mass is 9.98. The van der Waals surface area contributed by atoms with Crippen molar-refractivity contribution < 1.29 is 14.0 Å². The number of nitrogens with zero attached hydrogens (tertiary/aromatic N) is 2. The molecule has 2 heterocycles. The molecule has 0 radical (unpaired) electrons. The van der Waals surface area contributed by atoms with Crippen LogP contribution in [0, 0.1) is 0 Å². The largest absolute Gasteiger partial charge is 0.382 e. The average molecular weight is 241 g/mol. The first-order valence-electron chi connectivity index (χ1n) is 6.00. The van der Waals surface area contributed by atoms with Gasteiger partial charge in [-0.1, -0.05) is 5.16 Å². The number of ether oxygens (including phenoxy) is 2. The van der Waals surface area contributed by atoms with Gasteiger partial charge in [-0.15, -0.1) is 0 Å². The maximum atomic E-state index is 5.33. The predicted octanol–water partition coefficient (Wildman–Crippen LogP) is 0.700. The van der Waals surface area contributed by atoms with E-state index in [4.69, 9.17) is 14.0 Å². The van der Waals surface area contributed by atoms with Gasteiger partial charge in [-0.05, 0) is 25.9 Å². The molecule has 0 saturated carbocycles. The van der Waals surface area contributed by atoms with Gasteiger partial charge in [0, 0.05) is 13.0 Å². The fourth-order valence-corrected chi connectivity index (χ4v) is 1.87. The highest BCUT2D eigenvalue weighted by atomic mass is 16.5. The highest BCUT2D eigenvalue weighted by Crippen LogP contribution is 2.22. The minimum atomic E-state index is 0.362. The van der Waals surface area contributed by atoms with Crippen LogP contribution >= 0.6 is 0 Å². The minimum absolute atomic E-state index is 0.362. The van der Waals surface area contributed by atoms with Crippen LogP contribution in [0.25, 0.3) is 0 Å². The summed E-state index contributed by atoms with van der Waals surface area (Å²) in [5.74, 6) is 1.79. The summed E-state index contributed by atoms with van der Waals surface area (Å²) in [6.07, 6.45) is 2.15. The molecule has 0 amide bonds. The van der Waals surface area contributed by atoms with Crippen molar-refractivity contribution in [3.8, 4) is 0 Å². The van der Waals surface area contributed by atoms with Crippen molar-refractivity contribution in [1.29, 1.82) is 0 Å². The van der Waals surface area contributed by atoms with Crippen LogP contribution in [0.1, 0.15) is 30.5 Å². The molecule has 1 aliphatic heterocycles. The predicted molar refractivity (Wildman–Crippen MR) is 60.7 cm³/mol. The van der Waals surface area contributed by atoms with Crippen molar-refractivity contribution in [2.75, 3.05) is 33.4 Å². The van der Waals surface area contributed by atoms with E-state index in [1.54, 1.807) is 7.11 Å². The molecular formula is C11H19N3O3. The zero-order chi connectivity index (χ0) is 11.9. The van der Waals surface area contributed by atoms with Crippen LogP contribution in [0.2, 0.25) is 0 Å². The highest BCUT2D eigenvalue weighted by molar-refractivity contribution is 4.97. The minimum Gasteiger partial charge on any atom is -0.382 e. The monoisotopic (exact) mass is 241 g/mol. The summed E-state index contributed by atoms with van der Waals surface area (Å²) in [7, 11) is 1.64. The first kappa shape index (κ1) is 12.5. The van der Waals surface area contributed by atoms with Gasteiger partial charge in [0.1, 0.15) is 6.61 Å². The second-order valence-corrected chi connectivity index (χ2v) is 4.12. The topological polar surface area (TPSA) is 69.4 Å². The number of piperidine rings is 1. The molecule has 1 aromatic rings. The lowest BCUT2D eigenvalue weighted by Gasteiger charge is -2.18. The number of nitrogens with one attached hydrogen (secondary N) is 1. The van der Waals surface area contributed by atoms with Gasteiger partial charge in [-0.2, -0.15) is 4.98 Å². The summed E-state index contributed by atoms with van der Waals surface area (Å²) in [6, 6.07) is 0. The first-order valence-corrected chi connectivity index (χ1v) is 6.00. The van der Waals surface area contributed by atoms with E-state index in [1.807, 2.05) is 0 Å². The summed E-state index contributed by atoms with van der Waals surface area (Å²) in [4.78, 5) is 4.36. The van der Waals surface area contributed by atoms with Gasteiger partial charge < -0.3 is 19.3 Å².